The highest BCUT2D eigenvalue weighted by Crippen LogP contribution is 2.18. The molecule has 2 heteroatoms. The van der Waals surface area contributed by atoms with Crippen LogP contribution in [0, 0.1) is 0 Å². The maximum absolute atomic E-state index is 11.2. The molecule has 1 atom stereocenters. The van der Waals surface area contributed by atoms with Crippen molar-refractivity contribution in [2.75, 3.05) is 0 Å². The monoisotopic (exact) mass is 245 g/mol. The van der Waals surface area contributed by atoms with Gasteiger partial charge in [-0.25, -0.2) is 0 Å². The Morgan fingerprint density at radius 3 is 2.50 bits per heavy atom. The van der Waals surface area contributed by atoms with Crippen LogP contribution in [0.4, 0.5) is 0 Å². The number of rotatable bonds is 7. The molecule has 1 aromatic rings. The van der Waals surface area contributed by atoms with E-state index in [0.717, 1.165) is 19.3 Å². The Balaban J connectivity index is 2.54. The second-order valence-corrected chi connectivity index (χ2v) is 4.50. The molecule has 1 N–H and O–H groups in total. The van der Waals surface area contributed by atoms with E-state index < -0.39 is 0 Å². The Labute approximate surface area is 110 Å². The van der Waals surface area contributed by atoms with Crippen molar-refractivity contribution in [3.05, 3.63) is 48.0 Å². The zero-order valence-electron chi connectivity index (χ0n) is 11.4. The summed E-state index contributed by atoms with van der Waals surface area (Å²) in [5, 5.41) is 3.01. The summed E-state index contributed by atoms with van der Waals surface area (Å²) in [5.41, 5.74) is 1.18. The molecule has 18 heavy (non-hydrogen) atoms. The van der Waals surface area contributed by atoms with Crippen LogP contribution in [0.1, 0.15) is 51.1 Å². The van der Waals surface area contributed by atoms with E-state index in [1.54, 1.807) is 6.92 Å². The van der Waals surface area contributed by atoms with Crippen molar-refractivity contribution in [2.24, 2.45) is 0 Å². The molecule has 0 bridgehead atoms. The summed E-state index contributed by atoms with van der Waals surface area (Å²) in [7, 11) is 0. The summed E-state index contributed by atoms with van der Waals surface area (Å²) in [6.07, 6.45) is 8.70. The highest BCUT2D eigenvalue weighted by molar-refractivity contribution is 5.73. The molecule has 1 aromatic carbocycles. The predicted molar refractivity (Wildman–Crippen MR) is 76.3 cm³/mol. The van der Waals surface area contributed by atoms with Gasteiger partial charge in [-0.15, -0.1) is 0 Å². The molecule has 0 fully saturated rings. The highest BCUT2D eigenvalue weighted by atomic mass is 16.1. The van der Waals surface area contributed by atoms with Gasteiger partial charge in [-0.05, 0) is 24.8 Å². The summed E-state index contributed by atoms with van der Waals surface area (Å²) in [6, 6.07) is 10.3. The van der Waals surface area contributed by atoms with Crippen LogP contribution in [0.5, 0.6) is 0 Å². The zero-order chi connectivity index (χ0) is 13.2. The normalized spacial score (nSPS) is 12.6. The fraction of sp³-hybridized carbons (Fsp3) is 0.438. The molecule has 0 saturated carbocycles. The van der Waals surface area contributed by atoms with Crippen LogP contribution in [-0.4, -0.2) is 5.91 Å². The van der Waals surface area contributed by atoms with Crippen molar-refractivity contribution in [3.8, 4) is 0 Å². The molecule has 0 heterocycles. The van der Waals surface area contributed by atoms with Crippen LogP contribution in [0.25, 0.3) is 0 Å². The van der Waals surface area contributed by atoms with Gasteiger partial charge < -0.3 is 5.32 Å². The molecule has 0 radical (unpaired) electrons. The lowest BCUT2D eigenvalue weighted by Gasteiger charge is -2.17. The van der Waals surface area contributed by atoms with E-state index in [1.165, 1.54) is 12.0 Å². The summed E-state index contributed by atoms with van der Waals surface area (Å²) >= 11 is 0. The number of hydrogen-bond acceptors (Lipinski definition) is 1. The first-order valence-electron chi connectivity index (χ1n) is 6.71. The van der Waals surface area contributed by atoms with E-state index in [-0.39, 0.29) is 11.9 Å². The van der Waals surface area contributed by atoms with Crippen molar-refractivity contribution in [3.63, 3.8) is 0 Å². The number of carbonyl (C=O) groups is 1. The van der Waals surface area contributed by atoms with Gasteiger partial charge in [0.2, 0.25) is 5.91 Å². The number of nitrogens with one attached hydrogen (secondary N) is 1. The number of hydrogen-bond donors (Lipinski definition) is 1. The Bertz CT molecular complexity index is 370. The largest absolute Gasteiger partial charge is 0.350 e. The minimum Gasteiger partial charge on any atom is -0.350 e. The van der Waals surface area contributed by atoms with Gasteiger partial charge in [0.05, 0.1) is 6.04 Å². The molecule has 0 aromatic heterocycles. The van der Waals surface area contributed by atoms with Crippen molar-refractivity contribution < 1.29 is 4.79 Å². The maximum Gasteiger partial charge on any atom is 0.217 e. The van der Waals surface area contributed by atoms with Gasteiger partial charge in [-0.1, -0.05) is 55.8 Å². The molecule has 1 rings (SSSR count). The quantitative estimate of drug-likeness (QED) is 0.723. The molecule has 0 aliphatic rings. The first kappa shape index (κ1) is 14.5. The molecule has 0 saturated heterocycles. The van der Waals surface area contributed by atoms with Gasteiger partial charge in [-0.2, -0.15) is 0 Å². The van der Waals surface area contributed by atoms with E-state index >= 15 is 0 Å². The van der Waals surface area contributed by atoms with E-state index in [0.29, 0.717) is 0 Å². The minimum absolute atomic E-state index is 0.0291. The molecular formula is C16H23NO. The number of unbranched alkanes of at least 4 members (excludes halogenated alkanes) is 1. The number of amides is 1. The zero-order valence-corrected chi connectivity index (χ0v) is 11.4. The Hall–Kier alpha value is -1.57. The minimum atomic E-state index is 0.0291. The molecule has 2 nitrogen and oxygen atoms in total. The lowest BCUT2D eigenvalue weighted by molar-refractivity contribution is -0.119. The van der Waals surface area contributed by atoms with E-state index in [9.17, 15) is 4.79 Å². The van der Waals surface area contributed by atoms with Gasteiger partial charge in [0, 0.05) is 6.92 Å². The molecular weight excluding hydrogens is 222 g/mol. The van der Waals surface area contributed by atoms with Crippen LogP contribution in [0.15, 0.2) is 42.5 Å². The summed E-state index contributed by atoms with van der Waals surface area (Å²) < 4.78 is 0. The van der Waals surface area contributed by atoms with Crippen LogP contribution < -0.4 is 5.32 Å². The predicted octanol–water partition coefficient (Wildman–Crippen LogP) is 4.00. The van der Waals surface area contributed by atoms with Gasteiger partial charge >= 0.3 is 0 Å². The Morgan fingerprint density at radius 2 is 1.89 bits per heavy atom. The van der Waals surface area contributed by atoms with Crippen molar-refractivity contribution in [1.29, 1.82) is 0 Å². The topological polar surface area (TPSA) is 29.1 Å². The smallest absolute Gasteiger partial charge is 0.217 e. The number of carbonyl (C=O) groups excluding carboxylic acids is 1. The molecule has 0 aliphatic carbocycles. The lowest BCUT2D eigenvalue weighted by atomic mass is 10.0. The molecule has 1 amide bonds. The number of allylic oxidation sites excluding steroid dienone is 2. The molecule has 1 unspecified atom stereocenters. The van der Waals surface area contributed by atoms with Gasteiger partial charge in [-0.3, -0.25) is 4.79 Å². The van der Waals surface area contributed by atoms with E-state index in [1.807, 2.05) is 18.2 Å². The Morgan fingerprint density at radius 1 is 1.22 bits per heavy atom. The molecule has 0 aliphatic heterocycles. The van der Waals surface area contributed by atoms with E-state index in [2.05, 4.69) is 36.5 Å². The second kappa shape index (κ2) is 8.51. The lowest BCUT2D eigenvalue weighted by Crippen LogP contribution is -2.25. The molecule has 98 valence electrons. The third kappa shape index (κ3) is 5.67. The van der Waals surface area contributed by atoms with Gasteiger partial charge in [0.15, 0.2) is 0 Å². The Kier molecular flexibility index (Phi) is 6.85. The third-order valence-corrected chi connectivity index (χ3v) is 2.82. The van der Waals surface area contributed by atoms with Crippen LogP contribution in [0.3, 0.4) is 0 Å². The second-order valence-electron chi connectivity index (χ2n) is 4.50. The van der Waals surface area contributed by atoms with Gasteiger partial charge in [0.25, 0.3) is 0 Å². The molecule has 0 spiro atoms. The standard InChI is InChI=1S/C16H23NO/c1-3-4-5-6-10-13-16(17-14(2)18)15-11-8-7-9-12-15/h5-9,11-12,16H,3-4,10,13H2,1-2H3,(H,17,18)/b6-5+. The maximum atomic E-state index is 11.2. The SMILES string of the molecule is CCC/C=C/CCC(NC(C)=O)c1ccccc1. The van der Waals surface area contributed by atoms with Crippen LogP contribution >= 0.6 is 0 Å². The average molecular weight is 245 g/mol. The van der Waals surface area contributed by atoms with E-state index in [4.69, 9.17) is 0 Å². The third-order valence-electron chi connectivity index (χ3n) is 2.82. The van der Waals surface area contributed by atoms with Crippen LogP contribution in [-0.2, 0) is 4.79 Å². The van der Waals surface area contributed by atoms with Crippen molar-refractivity contribution in [1.82, 2.24) is 5.32 Å². The van der Waals surface area contributed by atoms with Crippen LogP contribution in [0.2, 0.25) is 0 Å². The summed E-state index contributed by atoms with van der Waals surface area (Å²) in [5.74, 6) is 0.0291. The van der Waals surface area contributed by atoms with Crippen molar-refractivity contribution >= 4 is 5.91 Å². The fourth-order valence-electron chi connectivity index (χ4n) is 1.92. The first-order chi connectivity index (χ1) is 8.74. The number of benzene rings is 1. The van der Waals surface area contributed by atoms with Gasteiger partial charge in [0.1, 0.15) is 0 Å². The summed E-state index contributed by atoms with van der Waals surface area (Å²) in [6.45, 7) is 3.75. The first-order valence-corrected chi connectivity index (χ1v) is 6.71. The average Bonchev–Trinajstić information content (AvgIpc) is 2.38. The van der Waals surface area contributed by atoms with Crippen molar-refractivity contribution in [2.45, 2.75) is 45.6 Å². The fourth-order valence-corrected chi connectivity index (χ4v) is 1.92. The highest BCUT2D eigenvalue weighted by Gasteiger charge is 2.10. The summed E-state index contributed by atoms with van der Waals surface area (Å²) in [4.78, 5) is 11.2.